The molecule has 0 fully saturated rings. The molecule has 0 unspecified atom stereocenters. The number of hydrogen-bond donors (Lipinski definition) is 1. The summed E-state index contributed by atoms with van der Waals surface area (Å²) < 4.78 is 2.24. The minimum absolute atomic E-state index is 0.575. The average molecular weight is 291 g/mol. The van der Waals surface area contributed by atoms with Gasteiger partial charge in [0.2, 0.25) is 0 Å². The van der Waals surface area contributed by atoms with E-state index in [2.05, 4.69) is 32.0 Å². The van der Waals surface area contributed by atoms with Crippen molar-refractivity contribution in [1.82, 2.24) is 14.5 Å². The van der Waals surface area contributed by atoms with Gasteiger partial charge in [0.05, 0.1) is 16.6 Å². The zero-order valence-electron chi connectivity index (χ0n) is 12.5. The van der Waals surface area contributed by atoms with E-state index in [1.807, 2.05) is 31.2 Å². The molecule has 0 aliphatic rings. The van der Waals surface area contributed by atoms with Crippen molar-refractivity contribution in [2.45, 2.75) is 19.9 Å². The summed E-state index contributed by atoms with van der Waals surface area (Å²) in [5.74, 6) is 1.84. The lowest BCUT2D eigenvalue weighted by molar-refractivity contribution is 0.658. The van der Waals surface area contributed by atoms with Crippen molar-refractivity contribution < 1.29 is 0 Å². The predicted octanol–water partition coefficient (Wildman–Crippen LogP) is 3.11. The zero-order valence-corrected chi connectivity index (χ0v) is 12.5. The molecule has 2 heterocycles. The standard InChI is InChI=1S/C17H17N5/c1-13-21-15-5-2-3-6-16(15)22(13)10-4-9-19-17-8-7-14(11-18)12-20-17/h2-3,5-8,12H,4,9-10H2,1H3,(H,19,20). The van der Waals surface area contributed by atoms with Crippen LogP contribution in [0.15, 0.2) is 42.6 Å². The van der Waals surface area contributed by atoms with Crippen molar-refractivity contribution in [3.05, 3.63) is 54.0 Å². The fourth-order valence-corrected chi connectivity index (χ4v) is 2.50. The van der Waals surface area contributed by atoms with Gasteiger partial charge >= 0.3 is 0 Å². The number of nitrogens with zero attached hydrogens (tertiary/aromatic N) is 4. The Labute approximate surface area is 129 Å². The molecule has 0 amide bonds. The third-order valence-corrected chi connectivity index (χ3v) is 3.60. The molecule has 0 spiro atoms. The van der Waals surface area contributed by atoms with Crippen LogP contribution in [-0.2, 0) is 6.54 Å². The van der Waals surface area contributed by atoms with Crippen LogP contribution in [0.4, 0.5) is 5.82 Å². The number of imidazole rings is 1. The minimum Gasteiger partial charge on any atom is -0.370 e. The van der Waals surface area contributed by atoms with Gasteiger partial charge in [-0.2, -0.15) is 5.26 Å². The Kier molecular flexibility index (Phi) is 4.01. The van der Waals surface area contributed by atoms with Gasteiger partial charge in [0.25, 0.3) is 0 Å². The number of anilines is 1. The molecule has 0 saturated carbocycles. The van der Waals surface area contributed by atoms with E-state index in [0.29, 0.717) is 5.56 Å². The highest BCUT2D eigenvalue weighted by Crippen LogP contribution is 2.15. The number of rotatable bonds is 5. The molecule has 22 heavy (non-hydrogen) atoms. The smallest absolute Gasteiger partial charge is 0.125 e. The highest BCUT2D eigenvalue weighted by atomic mass is 15.1. The van der Waals surface area contributed by atoms with Crippen LogP contribution in [-0.4, -0.2) is 21.1 Å². The predicted molar refractivity (Wildman–Crippen MR) is 86.5 cm³/mol. The average Bonchev–Trinajstić information content (AvgIpc) is 2.88. The van der Waals surface area contributed by atoms with Gasteiger partial charge in [-0.25, -0.2) is 9.97 Å². The first-order valence-corrected chi connectivity index (χ1v) is 7.30. The highest BCUT2D eigenvalue weighted by Gasteiger charge is 2.05. The first-order chi connectivity index (χ1) is 10.8. The van der Waals surface area contributed by atoms with Crippen LogP contribution in [0.5, 0.6) is 0 Å². The monoisotopic (exact) mass is 291 g/mol. The van der Waals surface area contributed by atoms with Gasteiger partial charge in [-0.3, -0.25) is 0 Å². The van der Waals surface area contributed by atoms with Gasteiger partial charge in [-0.15, -0.1) is 0 Å². The van der Waals surface area contributed by atoms with E-state index >= 15 is 0 Å². The molecule has 0 radical (unpaired) electrons. The Bertz CT molecular complexity index is 811. The number of aromatic nitrogens is 3. The zero-order chi connectivity index (χ0) is 15.4. The first-order valence-electron chi connectivity index (χ1n) is 7.30. The second kappa shape index (κ2) is 6.27. The number of pyridine rings is 1. The lowest BCUT2D eigenvalue weighted by atomic mass is 10.3. The summed E-state index contributed by atoms with van der Waals surface area (Å²) >= 11 is 0. The van der Waals surface area contributed by atoms with E-state index in [-0.39, 0.29) is 0 Å². The second-order valence-electron chi connectivity index (χ2n) is 5.12. The molecule has 0 aliphatic heterocycles. The fraction of sp³-hybridized carbons (Fsp3) is 0.235. The van der Waals surface area contributed by atoms with Gasteiger partial charge in [-0.1, -0.05) is 12.1 Å². The molecular weight excluding hydrogens is 274 g/mol. The summed E-state index contributed by atoms with van der Waals surface area (Å²) in [6.45, 7) is 3.77. The van der Waals surface area contributed by atoms with Gasteiger partial charge < -0.3 is 9.88 Å². The topological polar surface area (TPSA) is 66.5 Å². The quantitative estimate of drug-likeness (QED) is 0.733. The summed E-state index contributed by atoms with van der Waals surface area (Å²) in [7, 11) is 0. The van der Waals surface area contributed by atoms with Gasteiger partial charge in [0.15, 0.2) is 0 Å². The van der Waals surface area contributed by atoms with E-state index in [1.54, 1.807) is 12.3 Å². The second-order valence-corrected chi connectivity index (χ2v) is 5.12. The molecule has 3 aromatic rings. The van der Waals surface area contributed by atoms with Crippen LogP contribution in [0.3, 0.4) is 0 Å². The van der Waals surface area contributed by atoms with E-state index in [9.17, 15) is 0 Å². The van der Waals surface area contributed by atoms with E-state index in [0.717, 1.165) is 36.7 Å². The lowest BCUT2D eigenvalue weighted by Gasteiger charge is -2.08. The number of nitrogens with one attached hydrogen (secondary N) is 1. The number of nitriles is 1. The Morgan fingerprint density at radius 1 is 1.23 bits per heavy atom. The summed E-state index contributed by atoms with van der Waals surface area (Å²) in [6.07, 6.45) is 2.55. The van der Waals surface area contributed by atoms with Crippen molar-refractivity contribution in [3.63, 3.8) is 0 Å². The minimum atomic E-state index is 0.575. The number of hydrogen-bond acceptors (Lipinski definition) is 4. The first kappa shape index (κ1) is 14.1. The highest BCUT2D eigenvalue weighted by molar-refractivity contribution is 5.75. The number of aryl methyl sites for hydroxylation is 2. The van der Waals surface area contributed by atoms with E-state index in [4.69, 9.17) is 5.26 Å². The summed E-state index contributed by atoms with van der Waals surface area (Å²) in [6, 6.07) is 13.9. The van der Waals surface area contributed by atoms with Crippen LogP contribution in [0.25, 0.3) is 11.0 Å². The molecule has 5 heteroatoms. The molecule has 0 saturated heterocycles. The third kappa shape index (κ3) is 2.91. The van der Waals surface area contributed by atoms with Crippen LogP contribution >= 0.6 is 0 Å². The van der Waals surface area contributed by atoms with Crippen molar-refractivity contribution in [2.24, 2.45) is 0 Å². The molecule has 0 atom stereocenters. The van der Waals surface area contributed by atoms with Crippen molar-refractivity contribution >= 4 is 16.9 Å². The Balaban J connectivity index is 1.58. The van der Waals surface area contributed by atoms with E-state index in [1.165, 1.54) is 5.52 Å². The number of benzene rings is 1. The third-order valence-electron chi connectivity index (χ3n) is 3.60. The summed E-state index contributed by atoms with van der Waals surface area (Å²) in [5, 5.41) is 12.0. The van der Waals surface area contributed by atoms with Gasteiger partial charge in [0, 0.05) is 19.3 Å². The number of para-hydroxylation sites is 2. The molecule has 1 aromatic carbocycles. The molecule has 0 bridgehead atoms. The molecule has 2 aromatic heterocycles. The van der Waals surface area contributed by atoms with Crippen LogP contribution in [0.1, 0.15) is 17.8 Å². The normalized spacial score (nSPS) is 10.5. The van der Waals surface area contributed by atoms with Gasteiger partial charge in [-0.05, 0) is 37.6 Å². The van der Waals surface area contributed by atoms with Crippen LogP contribution in [0.2, 0.25) is 0 Å². The maximum absolute atomic E-state index is 8.74. The Hall–Kier alpha value is -2.87. The Morgan fingerprint density at radius 3 is 2.86 bits per heavy atom. The molecule has 0 aliphatic carbocycles. The fourth-order valence-electron chi connectivity index (χ4n) is 2.50. The number of fused-ring (bicyclic) bond motifs is 1. The molecule has 1 N–H and O–H groups in total. The maximum atomic E-state index is 8.74. The molecule has 5 nitrogen and oxygen atoms in total. The SMILES string of the molecule is Cc1nc2ccccc2n1CCCNc1ccc(C#N)cn1. The lowest BCUT2D eigenvalue weighted by Crippen LogP contribution is -2.08. The molecular formula is C17H17N5. The van der Waals surface area contributed by atoms with Crippen molar-refractivity contribution in [2.75, 3.05) is 11.9 Å². The van der Waals surface area contributed by atoms with Crippen molar-refractivity contribution in [3.8, 4) is 6.07 Å². The van der Waals surface area contributed by atoms with Crippen LogP contribution in [0, 0.1) is 18.3 Å². The summed E-state index contributed by atoms with van der Waals surface area (Å²) in [4.78, 5) is 8.77. The van der Waals surface area contributed by atoms with Gasteiger partial charge in [0.1, 0.15) is 17.7 Å². The molecule has 3 rings (SSSR count). The summed E-state index contributed by atoms with van der Waals surface area (Å²) in [5.41, 5.74) is 2.80. The Morgan fingerprint density at radius 2 is 2.09 bits per heavy atom. The van der Waals surface area contributed by atoms with Crippen LogP contribution < -0.4 is 5.32 Å². The van der Waals surface area contributed by atoms with E-state index < -0.39 is 0 Å². The largest absolute Gasteiger partial charge is 0.370 e. The molecule has 110 valence electrons. The maximum Gasteiger partial charge on any atom is 0.125 e. The van der Waals surface area contributed by atoms with Crippen molar-refractivity contribution in [1.29, 1.82) is 5.26 Å².